The summed E-state index contributed by atoms with van der Waals surface area (Å²) in [4.78, 5) is 0.668. The molecule has 78 valence electrons. The van der Waals surface area contributed by atoms with Gasteiger partial charge in [-0.1, -0.05) is 31.7 Å². The molecule has 14 heavy (non-hydrogen) atoms. The van der Waals surface area contributed by atoms with Crippen LogP contribution in [-0.4, -0.2) is 14.8 Å². The summed E-state index contributed by atoms with van der Waals surface area (Å²) in [6.45, 7) is 4.17. The molecule has 0 aliphatic carbocycles. The van der Waals surface area contributed by atoms with Crippen molar-refractivity contribution < 1.29 is 10.2 Å². The van der Waals surface area contributed by atoms with Crippen molar-refractivity contribution in [2.45, 2.75) is 18.7 Å². The molecule has 0 atom stereocenters. The molecule has 1 rings (SSSR count). The maximum atomic E-state index is 9.53. The maximum absolute atomic E-state index is 9.53. The van der Waals surface area contributed by atoms with E-state index < -0.39 is 0 Å². The molecule has 0 bridgehead atoms. The van der Waals surface area contributed by atoms with Crippen molar-refractivity contribution in [3.8, 4) is 11.8 Å². The maximum Gasteiger partial charge on any atom is 0.208 e. The summed E-state index contributed by atoms with van der Waals surface area (Å²) in [7, 11) is 1.61. The topological polar surface area (TPSA) is 45.4 Å². The average Bonchev–Trinajstić information content (AvgIpc) is 2.33. The lowest BCUT2D eigenvalue weighted by Gasteiger charge is -1.97. The molecule has 0 spiro atoms. The molecule has 1 aromatic heterocycles. The molecule has 0 saturated heterocycles. The monoisotopic (exact) mass is 213 g/mol. The van der Waals surface area contributed by atoms with Crippen molar-refractivity contribution in [2.24, 2.45) is 13.0 Å². The summed E-state index contributed by atoms with van der Waals surface area (Å²) in [5.41, 5.74) is 0. The second-order valence-electron chi connectivity index (χ2n) is 3.44. The van der Waals surface area contributed by atoms with Crippen molar-refractivity contribution in [1.29, 1.82) is 0 Å². The van der Waals surface area contributed by atoms with E-state index in [1.165, 1.54) is 16.3 Å². The lowest BCUT2D eigenvalue weighted by molar-refractivity contribution is 0.383. The highest BCUT2D eigenvalue weighted by Gasteiger charge is 2.09. The van der Waals surface area contributed by atoms with Crippen LogP contribution in [0, 0.1) is 5.92 Å². The van der Waals surface area contributed by atoms with E-state index in [2.05, 4.69) is 13.8 Å². The molecular formula is C10H15NO2S. The third-order valence-electron chi connectivity index (χ3n) is 1.80. The summed E-state index contributed by atoms with van der Waals surface area (Å²) in [5, 5.41) is 20.7. The van der Waals surface area contributed by atoms with Crippen LogP contribution in [0.4, 0.5) is 0 Å². The molecule has 3 nitrogen and oxygen atoms in total. The first kappa shape index (κ1) is 11.0. The minimum absolute atomic E-state index is 0.0722. The van der Waals surface area contributed by atoms with Crippen LogP contribution < -0.4 is 0 Å². The van der Waals surface area contributed by atoms with Gasteiger partial charge in [0.25, 0.3) is 0 Å². The minimum Gasteiger partial charge on any atom is -0.494 e. The van der Waals surface area contributed by atoms with E-state index in [0.29, 0.717) is 10.8 Å². The molecule has 0 saturated carbocycles. The van der Waals surface area contributed by atoms with Crippen LogP contribution in [0.2, 0.25) is 0 Å². The lowest BCUT2D eigenvalue weighted by Crippen LogP contribution is -1.83. The van der Waals surface area contributed by atoms with Gasteiger partial charge in [-0.2, -0.15) is 0 Å². The van der Waals surface area contributed by atoms with Crippen molar-refractivity contribution in [3.63, 3.8) is 0 Å². The predicted molar refractivity (Wildman–Crippen MR) is 58.6 cm³/mol. The Labute approximate surface area is 88.1 Å². The van der Waals surface area contributed by atoms with E-state index in [-0.39, 0.29) is 11.8 Å². The fourth-order valence-corrected chi connectivity index (χ4v) is 1.86. The Morgan fingerprint density at radius 1 is 1.43 bits per heavy atom. The van der Waals surface area contributed by atoms with Gasteiger partial charge in [-0.3, -0.25) is 4.57 Å². The van der Waals surface area contributed by atoms with E-state index >= 15 is 0 Å². The fraction of sp³-hybridized carbons (Fsp3) is 0.400. The van der Waals surface area contributed by atoms with Crippen LogP contribution in [-0.2, 0) is 7.05 Å². The quantitative estimate of drug-likeness (QED) is 0.759. The highest BCUT2D eigenvalue weighted by molar-refractivity contribution is 8.02. The molecule has 0 aliphatic heterocycles. The van der Waals surface area contributed by atoms with Gasteiger partial charge in [0, 0.05) is 13.1 Å². The first-order valence-electron chi connectivity index (χ1n) is 4.43. The molecule has 0 radical (unpaired) electrons. The zero-order valence-electron chi connectivity index (χ0n) is 8.56. The molecule has 1 heterocycles. The minimum atomic E-state index is 0.0722. The van der Waals surface area contributed by atoms with Crippen LogP contribution in [0.15, 0.2) is 22.4 Å². The Morgan fingerprint density at radius 3 is 2.50 bits per heavy atom. The third-order valence-corrected chi connectivity index (χ3v) is 2.65. The number of hydrogen-bond acceptors (Lipinski definition) is 3. The normalized spacial score (nSPS) is 11.7. The number of allylic oxidation sites excluding steroid dienone is 1. The number of nitrogens with zero attached hydrogens (tertiary/aromatic N) is 1. The van der Waals surface area contributed by atoms with Crippen LogP contribution >= 0.6 is 11.8 Å². The second-order valence-corrected chi connectivity index (χ2v) is 4.39. The third kappa shape index (κ3) is 2.48. The predicted octanol–water partition coefficient (Wildman–Crippen LogP) is 2.70. The average molecular weight is 213 g/mol. The van der Waals surface area contributed by atoms with Gasteiger partial charge < -0.3 is 10.2 Å². The lowest BCUT2D eigenvalue weighted by atomic mass is 10.2. The molecule has 0 aromatic carbocycles. The van der Waals surface area contributed by atoms with Crippen molar-refractivity contribution in [2.75, 3.05) is 0 Å². The SMILES string of the molecule is CC(C)C=CSc1cc(O)n(C)c1O. The molecule has 2 N–H and O–H groups in total. The van der Waals surface area contributed by atoms with Gasteiger partial charge >= 0.3 is 0 Å². The number of aromatic nitrogens is 1. The Kier molecular flexibility index (Phi) is 3.52. The zero-order valence-corrected chi connectivity index (χ0v) is 9.38. The second kappa shape index (κ2) is 4.46. The molecule has 0 unspecified atom stereocenters. The highest BCUT2D eigenvalue weighted by atomic mass is 32.2. The molecule has 0 aliphatic rings. The summed E-state index contributed by atoms with van der Waals surface area (Å²) >= 11 is 1.40. The molecule has 0 fully saturated rings. The summed E-state index contributed by atoms with van der Waals surface area (Å²) in [6.07, 6.45) is 2.04. The summed E-state index contributed by atoms with van der Waals surface area (Å²) < 4.78 is 1.34. The van der Waals surface area contributed by atoms with Gasteiger partial charge in [-0.05, 0) is 11.3 Å². The first-order valence-corrected chi connectivity index (χ1v) is 5.31. The number of rotatable bonds is 3. The number of aromatic hydroxyl groups is 2. The standard InChI is InChI=1S/C10H15NO2S/c1-7(2)4-5-14-8-6-9(12)11(3)10(8)13/h4-7,12-13H,1-3H3. The summed E-state index contributed by atoms with van der Waals surface area (Å²) in [6, 6.07) is 1.55. The first-order chi connectivity index (χ1) is 6.52. The fourth-order valence-electron chi connectivity index (χ4n) is 0.909. The van der Waals surface area contributed by atoms with Gasteiger partial charge in [0.15, 0.2) is 5.88 Å². The number of hydrogen-bond donors (Lipinski definition) is 2. The zero-order chi connectivity index (χ0) is 10.7. The van der Waals surface area contributed by atoms with E-state index in [9.17, 15) is 10.2 Å². The van der Waals surface area contributed by atoms with Crippen molar-refractivity contribution >= 4 is 11.8 Å². The van der Waals surface area contributed by atoms with Gasteiger partial charge in [0.2, 0.25) is 5.88 Å². The van der Waals surface area contributed by atoms with E-state index in [4.69, 9.17) is 0 Å². The molecule has 1 aromatic rings. The van der Waals surface area contributed by atoms with E-state index in [0.717, 1.165) is 0 Å². The number of thioether (sulfide) groups is 1. The Bertz CT molecular complexity index is 342. The Balaban J connectivity index is 2.73. The smallest absolute Gasteiger partial charge is 0.208 e. The molecule has 4 heteroatoms. The van der Waals surface area contributed by atoms with E-state index in [1.54, 1.807) is 13.1 Å². The molecular weight excluding hydrogens is 198 g/mol. The van der Waals surface area contributed by atoms with Crippen LogP contribution in [0.25, 0.3) is 0 Å². The van der Waals surface area contributed by atoms with Crippen LogP contribution in [0.1, 0.15) is 13.8 Å². The van der Waals surface area contributed by atoms with Crippen molar-refractivity contribution in [1.82, 2.24) is 4.57 Å². The highest BCUT2D eigenvalue weighted by Crippen LogP contribution is 2.34. The van der Waals surface area contributed by atoms with Gasteiger partial charge in [-0.25, -0.2) is 0 Å². The van der Waals surface area contributed by atoms with E-state index in [1.807, 2.05) is 11.5 Å². The van der Waals surface area contributed by atoms with Gasteiger partial charge in [-0.15, -0.1) is 0 Å². The van der Waals surface area contributed by atoms with Crippen LogP contribution in [0.5, 0.6) is 11.8 Å². The van der Waals surface area contributed by atoms with Gasteiger partial charge in [0.05, 0.1) is 4.90 Å². The summed E-state index contributed by atoms with van der Waals surface area (Å²) in [5.74, 6) is 0.658. The van der Waals surface area contributed by atoms with Gasteiger partial charge in [0.1, 0.15) is 0 Å². The van der Waals surface area contributed by atoms with Crippen LogP contribution in [0.3, 0.4) is 0 Å². The molecule has 0 amide bonds. The largest absolute Gasteiger partial charge is 0.494 e. The Morgan fingerprint density at radius 2 is 2.07 bits per heavy atom. The van der Waals surface area contributed by atoms with Crippen molar-refractivity contribution in [3.05, 3.63) is 17.6 Å². The Hall–Kier alpha value is -1.03.